The highest BCUT2D eigenvalue weighted by Gasteiger charge is 2.51. The third kappa shape index (κ3) is 3.11. The number of aliphatic carboxylic acids is 1. The maximum Gasteiger partial charge on any atom is 0.312 e. The van der Waals surface area contributed by atoms with Crippen LogP contribution in [0.15, 0.2) is 0 Å². The van der Waals surface area contributed by atoms with E-state index in [4.69, 9.17) is 5.73 Å². The van der Waals surface area contributed by atoms with Crippen LogP contribution in [-0.2, 0) is 14.6 Å². The molecule has 2 unspecified atom stereocenters. The fraction of sp³-hybridized carbons (Fsp3) is 0.923. The topological polar surface area (TPSA) is 97.5 Å². The van der Waals surface area contributed by atoms with Gasteiger partial charge in [0, 0.05) is 6.04 Å². The van der Waals surface area contributed by atoms with Crippen LogP contribution in [0.1, 0.15) is 44.9 Å². The van der Waals surface area contributed by atoms with Gasteiger partial charge in [-0.1, -0.05) is 32.1 Å². The Bertz CT molecular complexity index is 442. The van der Waals surface area contributed by atoms with E-state index in [-0.39, 0.29) is 17.9 Å². The Morgan fingerprint density at radius 1 is 1.21 bits per heavy atom. The van der Waals surface area contributed by atoms with Crippen molar-refractivity contribution in [2.24, 2.45) is 17.1 Å². The van der Waals surface area contributed by atoms with Crippen LogP contribution in [0.5, 0.6) is 0 Å². The predicted molar refractivity (Wildman–Crippen MR) is 72.5 cm³/mol. The van der Waals surface area contributed by atoms with Gasteiger partial charge in [0.05, 0.1) is 16.9 Å². The normalized spacial score (nSPS) is 35.9. The summed E-state index contributed by atoms with van der Waals surface area (Å²) in [4.78, 5) is 11.7. The lowest BCUT2D eigenvalue weighted by atomic mass is 9.70. The van der Waals surface area contributed by atoms with Crippen LogP contribution in [0, 0.1) is 11.3 Å². The van der Waals surface area contributed by atoms with Crippen molar-refractivity contribution in [1.82, 2.24) is 0 Å². The van der Waals surface area contributed by atoms with Gasteiger partial charge in [-0.2, -0.15) is 0 Å². The summed E-state index contributed by atoms with van der Waals surface area (Å²) in [5, 5.41) is 9.58. The summed E-state index contributed by atoms with van der Waals surface area (Å²) in [5.74, 6) is -0.987. The second-order valence-corrected chi connectivity index (χ2v) is 8.34. The third-order valence-corrected chi connectivity index (χ3v) is 6.54. The molecule has 0 amide bonds. The van der Waals surface area contributed by atoms with Crippen LogP contribution in [0.25, 0.3) is 0 Å². The van der Waals surface area contributed by atoms with Gasteiger partial charge < -0.3 is 10.8 Å². The van der Waals surface area contributed by atoms with Crippen molar-refractivity contribution >= 4 is 15.8 Å². The molecule has 2 rings (SSSR count). The highest BCUT2D eigenvalue weighted by atomic mass is 32.2. The zero-order valence-corrected chi connectivity index (χ0v) is 12.0. The van der Waals surface area contributed by atoms with E-state index < -0.39 is 27.3 Å². The van der Waals surface area contributed by atoms with Gasteiger partial charge in [0.15, 0.2) is 9.84 Å². The van der Waals surface area contributed by atoms with Crippen molar-refractivity contribution in [2.45, 2.75) is 51.0 Å². The molecule has 110 valence electrons. The van der Waals surface area contributed by atoms with Crippen LogP contribution in [0.2, 0.25) is 0 Å². The molecule has 0 aromatic rings. The van der Waals surface area contributed by atoms with Crippen molar-refractivity contribution in [3.63, 3.8) is 0 Å². The quantitative estimate of drug-likeness (QED) is 0.813. The molecule has 0 bridgehead atoms. The smallest absolute Gasteiger partial charge is 0.312 e. The first-order valence-electron chi connectivity index (χ1n) is 7.05. The van der Waals surface area contributed by atoms with Gasteiger partial charge in [-0.15, -0.1) is 0 Å². The molecule has 2 aliphatic rings. The van der Waals surface area contributed by atoms with Gasteiger partial charge in [0.1, 0.15) is 0 Å². The second kappa shape index (κ2) is 5.40. The fourth-order valence-corrected chi connectivity index (χ4v) is 5.58. The van der Waals surface area contributed by atoms with E-state index in [2.05, 4.69) is 0 Å². The van der Waals surface area contributed by atoms with E-state index in [1.807, 2.05) is 0 Å². The zero-order valence-electron chi connectivity index (χ0n) is 11.2. The molecule has 0 aromatic heterocycles. The van der Waals surface area contributed by atoms with Crippen molar-refractivity contribution in [2.75, 3.05) is 11.5 Å². The van der Waals surface area contributed by atoms with Crippen molar-refractivity contribution in [3.8, 4) is 0 Å². The molecule has 19 heavy (non-hydrogen) atoms. The lowest BCUT2D eigenvalue weighted by molar-refractivity contribution is -0.150. The Labute approximate surface area is 114 Å². The number of hydrogen-bond acceptors (Lipinski definition) is 4. The monoisotopic (exact) mass is 289 g/mol. The average molecular weight is 289 g/mol. The van der Waals surface area contributed by atoms with E-state index in [0.717, 1.165) is 25.7 Å². The zero-order chi connectivity index (χ0) is 14.1. The van der Waals surface area contributed by atoms with Crippen LogP contribution in [-0.4, -0.2) is 37.0 Å². The number of carbonyl (C=O) groups is 1. The minimum absolute atomic E-state index is 0.0217. The molecule has 0 radical (unpaired) electrons. The first kappa shape index (κ1) is 14.8. The molecule has 5 nitrogen and oxygen atoms in total. The average Bonchev–Trinajstić information content (AvgIpc) is 2.34. The molecular weight excluding hydrogens is 266 g/mol. The first-order chi connectivity index (χ1) is 8.86. The van der Waals surface area contributed by atoms with Gasteiger partial charge in [-0.25, -0.2) is 8.42 Å². The Kier molecular flexibility index (Phi) is 4.20. The minimum atomic E-state index is -3.28. The van der Waals surface area contributed by atoms with Crippen molar-refractivity contribution < 1.29 is 18.3 Å². The van der Waals surface area contributed by atoms with E-state index >= 15 is 0 Å². The molecule has 0 aromatic carbocycles. The summed E-state index contributed by atoms with van der Waals surface area (Å²) >= 11 is 0. The lowest BCUT2D eigenvalue weighted by Gasteiger charge is -2.41. The predicted octanol–water partition coefficient (Wildman–Crippen LogP) is 1.17. The highest BCUT2D eigenvalue weighted by Crippen LogP contribution is 2.41. The van der Waals surface area contributed by atoms with E-state index in [0.29, 0.717) is 12.3 Å². The second-order valence-electron chi connectivity index (χ2n) is 6.16. The van der Waals surface area contributed by atoms with Crippen LogP contribution >= 0.6 is 0 Å². The summed E-state index contributed by atoms with van der Waals surface area (Å²) in [5.41, 5.74) is 4.74. The van der Waals surface area contributed by atoms with Gasteiger partial charge in [-0.3, -0.25) is 4.79 Å². The van der Waals surface area contributed by atoms with Crippen LogP contribution in [0.4, 0.5) is 0 Å². The van der Waals surface area contributed by atoms with E-state index in [1.165, 1.54) is 6.42 Å². The molecule has 0 spiro atoms. The molecule has 1 saturated carbocycles. The Morgan fingerprint density at radius 2 is 1.84 bits per heavy atom. The summed E-state index contributed by atoms with van der Waals surface area (Å²) < 4.78 is 23.7. The summed E-state index contributed by atoms with van der Waals surface area (Å²) in [6.45, 7) is 0. The Balaban J connectivity index is 2.22. The number of carboxylic acid groups (broad SMARTS) is 1. The fourth-order valence-electron chi connectivity index (χ4n) is 3.58. The van der Waals surface area contributed by atoms with E-state index in [1.54, 1.807) is 0 Å². The van der Waals surface area contributed by atoms with Gasteiger partial charge in [-0.05, 0) is 18.8 Å². The molecule has 2 atom stereocenters. The molecule has 1 aliphatic heterocycles. The summed E-state index contributed by atoms with van der Waals surface area (Å²) in [7, 11) is -3.28. The minimum Gasteiger partial charge on any atom is -0.481 e. The largest absolute Gasteiger partial charge is 0.481 e. The van der Waals surface area contributed by atoms with Gasteiger partial charge in [0.25, 0.3) is 0 Å². The molecule has 1 saturated heterocycles. The molecular formula is C13H23NO4S. The lowest BCUT2D eigenvalue weighted by Crippen LogP contribution is -2.56. The molecule has 2 fully saturated rings. The van der Waals surface area contributed by atoms with Gasteiger partial charge >= 0.3 is 5.97 Å². The summed E-state index contributed by atoms with van der Waals surface area (Å²) in [6.07, 6.45) is 6.11. The number of sulfone groups is 1. The van der Waals surface area contributed by atoms with E-state index in [9.17, 15) is 18.3 Å². The SMILES string of the molecule is NC1CCS(=O)(=O)CC1(CC1CCCCC1)C(=O)O. The number of rotatable bonds is 3. The Hall–Kier alpha value is -0.620. The molecule has 1 aliphatic carbocycles. The highest BCUT2D eigenvalue weighted by molar-refractivity contribution is 7.91. The Morgan fingerprint density at radius 3 is 2.42 bits per heavy atom. The molecule has 3 N–H and O–H groups in total. The number of hydrogen-bond donors (Lipinski definition) is 2. The van der Waals surface area contributed by atoms with Gasteiger partial charge in [0.2, 0.25) is 0 Å². The summed E-state index contributed by atoms with van der Waals surface area (Å²) in [6, 6.07) is -0.546. The van der Waals surface area contributed by atoms with Crippen LogP contribution in [0.3, 0.4) is 0 Å². The number of carboxylic acids is 1. The maximum atomic E-state index is 11.8. The molecule has 6 heteroatoms. The maximum absolute atomic E-state index is 11.8. The first-order valence-corrected chi connectivity index (χ1v) is 8.87. The van der Waals surface area contributed by atoms with Crippen molar-refractivity contribution in [3.05, 3.63) is 0 Å². The van der Waals surface area contributed by atoms with Crippen LogP contribution < -0.4 is 5.73 Å². The third-order valence-electron chi connectivity index (χ3n) is 4.73. The molecule has 1 heterocycles. The number of nitrogens with two attached hydrogens (primary N) is 1. The standard InChI is InChI=1S/C13H23NO4S/c14-11-6-7-19(17,18)9-13(11,12(15)16)8-10-4-2-1-3-5-10/h10-11H,1-9,14H2,(H,15,16). The van der Waals surface area contributed by atoms with Crippen molar-refractivity contribution in [1.29, 1.82) is 0 Å².